The van der Waals surface area contributed by atoms with Crippen molar-refractivity contribution in [3.05, 3.63) is 134 Å². The van der Waals surface area contributed by atoms with Gasteiger partial charge in [-0.25, -0.2) is 0 Å². The molecule has 7 nitrogen and oxygen atoms in total. The molecule has 0 fully saturated rings. The van der Waals surface area contributed by atoms with Gasteiger partial charge in [-0.05, 0) is 85.3 Å². The second-order valence-corrected chi connectivity index (χ2v) is 11.0. The number of rotatable bonds is 10. The minimum atomic E-state index is -0.653. The van der Waals surface area contributed by atoms with Gasteiger partial charge in [0.25, 0.3) is 5.91 Å². The standard InChI is InChI=1S/C37H35NO6/c1-5-42-30-21-27(13-16-29(30)43-22-26-9-7-6-8-10-26)34-33-35(39)32-24(3)19-23(2)20-31(32)44-36(33)37(40)38(34)18-17-25-11-14-28(41-4)15-12-25/h6-16,19-21,34H,5,17-18,22H2,1-4H3. The average Bonchev–Trinajstić information content (AvgIpc) is 3.31. The van der Waals surface area contributed by atoms with E-state index >= 15 is 0 Å². The van der Waals surface area contributed by atoms with Crippen molar-refractivity contribution in [2.45, 2.75) is 39.8 Å². The molecular formula is C37H35NO6. The van der Waals surface area contributed by atoms with E-state index < -0.39 is 6.04 Å². The summed E-state index contributed by atoms with van der Waals surface area (Å²) in [6.45, 7) is 6.95. The summed E-state index contributed by atoms with van der Waals surface area (Å²) in [5, 5.41) is 0.497. The summed E-state index contributed by atoms with van der Waals surface area (Å²) < 4.78 is 23.7. The smallest absolute Gasteiger partial charge is 0.290 e. The van der Waals surface area contributed by atoms with Gasteiger partial charge in [-0.15, -0.1) is 0 Å². The Kier molecular flexibility index (Phi) is 8.11. The van der Waals surface area contributed by atoms with E-state index in [4.69, 9.17) is 18.6 Å². The largest absolute Gasteiger partial charge is 0.497 e. The van der Waals surface area contributed by atoms with Crippen LogP contribution in [0.5, 0.6) is 17.2 Å². The molecule has 1 unspecified atom stereocenters. The number of carbonyl (C=O) groups excluding carboxylic acids is 1. The molecule has 1 aliphatic rings. The first-order valence-corrected chi connectivity index (χ1v) is 14.8. The van der Waals surface area contributed by atoms with Crippen LogP contribution in [0, 0.1) is 13.8 Å². The molecule has 1 atom stereocenters. The summed E-state index contributed by atoms with van der Waals surface area (Å²) in [4.78, 5) is 30.0. The summed E-state index contributed by atoms with van der Waals surface area (Å²) in [6.07, 6.45) is 0.586. The van der Waals surface area contributed by atoms with Gasteiger partial charge in [-0.2, -0.15) is 0 Å². The normalized spacial score (nSPS) is 14.1. The van der Waals surface area contributed by atoms with E-state index in [2.05, 4.69) is 0 Å². The van der Waals surface area contributed by atoms with Crippen LogP contribution >= 0.6 is 0 Å². The highest BCUT2D eigenvalue weighted by Gasteiger charge is 2.43. The molecule has 1 amide bonds. The van der Waals surface area contributed by atoms with E-state index in [1.54, 1.807) is 12.0 Å². The zero-order valence-electron chi connectivity index (χ0n) is 25.4. The van der Waals surface area contributed by atoms with Crippen LogP contribution in [-0.2, 0) is 13.0 Å². The predicted octanol–water partition coefficient (Wildman–Crippen LogP) is 7.18. The molecule has 0 radical (unpaired) electrons. The number of carbonyl (C=O) groups is 1. The van der Waals surface area contributed by atoms with Gasteiger partial charge >= 0.3 is 0 Å². The summed E-state index contributed by atoms with van der Waals surface area (Å²) >= 11 is 0. The molecule has 0 N–H and O–H groups in total. The molecule has 5 aromatic rings. The lowest BCUT2D eigenvalue weighted by Gasteiger charge is -2.26. The molecule has 44 heavy (non-hydrogen) atoms. The van der Waals surface area contributed by atoms with Crippen LogP contribution in [0.15, 0.2) is 94.1 Å². The Hall–Kier alpha value is -5.04. The van der Waals surface area contributed by atoms with Crippen molar-refractivity contribution in [3.63, 3.8) is 0 Å². The zero-order valence-corrected chi connectivity index (χ0v) is 25.4. The Morgan fingerprint density at radius 3 is 2.34 bits per heavy atom. The van der Waals surface area contributed by atoms with E-state index in [1.807, 2.05) is 106 Å². The zero-order chi connectivity index (χ0) is 30.8. The fourth-order valence-electron chi connectivity index (χ4n) is 5.95. The Labute approximate surface area is 256 Å². The first-order chi connectivity index (χ1) is 21.4. The van der Waals surface area contributed by atoms with Crippen LogP contribution in [0.25, 0.3) is 11.0 Å². The fraction of sp³-hybridized carbons (Fsp3) is 0.243. The Bertz CT molecular complexity index is 1880. The van der Waals surface area contributed by atoms with E-state index in [9.17, 15) is 9.59 Å². The molecule has 1 aliphatic heterocycles. The molecule has 224 valence electrons. The second kappa shape index (κ2) is 12.3. The van der Waals surface area contributed by atoms with E-state index in [1.165, 1.54) is 0 Å². The van der Waals surface area contributed by atoms with Gasteiger partial charge in [0.1, 0.15) is 17.9 Å². The van der Waals surface area contributed by atoms with Gasteiger partial charge in [0.2, 0.25) is 5.76 Å². The lowest BCUT2D eigenvalue weighted by atomic mass is 9.96. The van der Waals surface area contributed by atoms with Gasteiger partial charge in [-0.1, -0.05) is 54.6 Å². The summed E-state index contributed by atoms with van der Waals surface area (Å²) in [5.41, 5.74) is 5.20. The van der Waals surface area contributed by atoms with Gasteiger partial charge < -0.3 is 23.5 Å². The van der Waals surface area contributed by atoms with Crippen molar-refractivity contribution < 1.29 is 23.4 Å². The maximum atomic E-state index is 14.2. The van der Waals surface area contributed by atoms with Crippen LogP contribution in [0.1, 0.15) is 56.9 Å². The van der Waals surface area contributed by atoms with Crippen molar-refractivity contribution in [1.29, 1.82) is 0 Å². The molecule has 0 saturated carbocycles. The number of methoxy groups -OCH3 is 1. The Balaban J connectivity index is 1.43. The van der Waals surface area contributed by atoms with E-state index in [0.29, 0.717) is 54.2 Å². The van der Waals surface area contributed by atoms with Crippen LogP contribution < -0.4 is 19.6 Å². The van der Waals surface area contributed by atoms with Crippen molar-refractivity contribution in [1.82, 2.24) is 4.90 Å². The number of benzene rings is 4. The van der Waals surface area contributed by atoms with Crippen molar-refractivity contribution in [2.24, 2.45) is 0 Å². The Morgan fingerprint density at radius 1 is 0.841 bits per heavy atom. The third-order valence-electron chi connectivity index (χ3n) is 8.03. The number of hydrogen-bond donors (Lipinski definition) is 0. The van der Waals surface area contributed by atoms with Gasteiger partial charge in [0.05, 0.1) is 30.7 Å². The van der Waals surface area contributed by atoms with E-state index in [-0.39, 0.29) is 17.1 Å². The minimum Gasteiger partial charge on any atom is -0.497 e. The summed E-state index contributed by atoms with van der Waals surface area (Å²) in [7, 11) is 1.63. The number of fused-ring (bicyclic) bond motifs is 2. The molecule has 0 aliphatic carbocycles. The first kappa shape index (κ1) is 29.1. The molecule has 0 bridgehead atoms. The highest BCUT2D eigenvalue weighted by molar-refractivity contribution is 5.99. The number of hydrogen-bond acceptors (Lipinski definition) is 6. The average molecular weight is 590 g/mol. The van der Waals surface area contributed by atoms with Crippen molar-refractivity contribution >= 4 is 16.9 Å². The van der Waals surface area contributed by atoms with Crippen molar-refractivity contribution in [3.8, 4) is 17.2 Å². The maximum absolute atomic E-state index is 14.2. The van der Waals surface area contributed by atoms with Gasteiger partial charge in [0, 0.05) is 6.54 Å². The van der Waals surface area contributed by atoms with Gasteiger partial charge in [-0.3, -0.25) is 9.59 Å². The van der Waals surface area contributed by atoms with Gasteiger partial charge in [0.15, 0.2) is 16.9 Å². The molecular weight excluding hydrogens is 554 g/mol. The third-order valence-corrected chi connectivity index (χ3v) is 8.03. The third kappa shape index (κ3) is 5.53. The highest BCUT2D eigenvalue weighted by Crippen LogP contribution is 2.41. The predicted molar refractivity (Wildman–Crippen MR) is 170 cm³/mol. The Morgan fingerprint density at radius 2 is 1.61 bits per heavy atom. The lowest BCUT2D eigenvalue weighted by molar-refractivity contribution is 0.0729. The lowest BCUT2D eigenvalue weighted by Crippen LogP contribution is -2.31. The number of ether oxygens (including phenoxy) is 3. The van der Waals surface area contributed by atoms with Crippen molar-refractivity contribution in [2.75, 3.05) is 20.3 Å². The highest BCUT2D eigenvalue weighted by atomic mass is 16.5. The maximum Gasteiger partial charge on any atom is 0.290 e. The SMILES string of the molecule is CCOc1cc(C2c3c(oc4cc(C)cc(C)c4c3=O)C(=O)N2CCc2ccc(OC)cc2)ccc1OCc1ccccc1. The molecule has 1 aromatic heterocycles. The minimum absolute atomic E-state index is 0.0922. The molecule has 6 rings (SSSR count). The van der Waals surface area contributed by atoms with Crippen LogP contribution in [0.2, 0.25) is 0 Å². The molecule has 7 heteroatoms. The van der Waals surface area contributed by atoms with Crippen LogP contribution in [-0.4, -0.2) is 31.1 Å². The number of aryl methyl sites for hydroxylation is 2. The van der Waals surface area contributed by atoms with Crippen LogP contribution in [0.4, 0.5) is 0 Å². The van der Waals surface area contributed by atoms with E-state index in [0.717, 1.165) is 33.6 Å². The fourth-order valence-corrected chi connectivity index (χ4v) is 5.95. The molecule has 0 spiro atoms. The number of amides is 1. The summed E-state index contributed by atoms with van der Waals surface area (Å²) in [5.74, 6) is 1.69. The topological polar surface area (TPSA) is 78.2 Å². The summed E-state index contributed by atoms with van der Waals surface area (Å²) in [6, 6.07) is 26.4. The monoisotopic (exact) mass is 589 g/mol. The molecule has 2 heterocycles. The first-order valence-electron chi connectivity index (χ1n) is 14.8. The second-order valence-electron chi connectivity index (χ2n) is 11.0. The quantitative estimate of drug-likeness (QED) is 0.172. The number of nitrogens with zero attached hydrogens (tertiary/aromatic N) is 1. The van der Waals surface area contributed by atoms with Crippen LogP contribution in [0.3, 0.4) is 0 Å². The molecule has 4 aromatic carbocycles. The molecule has 0 saturated heterocycles.